The van der Waals surface area contributed by atoms with Crippen molar-refractivity contribution in [3.63, 3.8) is 0 Å². The van der Waals surface area contributed by atoms with Gasteiger partial charge in [-0.3, -0.25) is 0 Å². The van der Waals surface area contributed by atoms with Gasteiger partial charge in [-0.25, -0.2) is 17.5 Å². The molecule has 9 heteroatoms. The van der Waals surface area contributed by atoms with E-state index in [0.717, 1.165) is 24.7 Å². The maximum absolute atomic E-state index is 13.8. The molecule has 1 aromatic heterocycles. The maximum atomic E-state index is 13.8. The molecule has 0 spiro atoms. The van der Waals surface area contributed by atoms with Crippen molar-refractivity contribution in [1.29, 1.82) is 0 Å². The first kappa shape index (κ1) is 15.4. The lowest BCUT2D eigenvalue weighted by Crippen LogP contribution is -2.26. The highest BCUT2D eigenvalue weighted by Crippen LogP contribution is 2.36. The molecule has 1 saturated carbocycles. The lowest BCUT2D eigenvalue weighted by molar-refractivity contribution is 0.552. The smallest absolute Gasteiger partial charge is 0.245 e. The van der Waals surface area contributed by atoms with E-state index in [4.69, 9.17) is 11.6 Å². The molecule has 1 aliphatic carbocycles. The van der Waals surface area contributed by atoms with Crippen LogP contribution in [-0.4, -0.2) is 23.2 Å². The molecule has 118 valence electrons. The van der Waals surface area contributed by atoms with Crippen molar-refractivity contribution in [2.75, 3.05) is 0 Å². The number of nitrogens with one attached hydrogen (secondary N) is 1. The fourth-order valence-corrected chi connectivity index (χ4v) is 3.89. The molecular formula is C13H14ClFN4O2S. The Morgan fingerprint density at radius 1 is 1.41 bits per heavy atom. The molecule has 2 aromatic rings. The minimum Gasteiger partial charge on any atom is -0.311 e. The zero-order valence-electron chi connectivity index (χ0n) is 11.8. The van der Waals surface area contributed by atoms with Crippen molar-refractivity contribution >= 4 is 21.6 Å². The number of nitrogens with zero attached hydrogens (tertiary/aromatic N) is 3. The van der Waals surface area contributed by atoms with E-state index in [-0.39, 0.29) is 11.6 Å². The topological polar surface area (TPSA) is 76.9 Å². The summed E-state index contributed by atoms with van der Waals surface area (Å²) in [6.07, 6.45) is 2.05. The van der Waals surface area contributed by atoms with Crippen LogP contribution >= 0.6 is 11.6 Å². The van der Waals surface area contributed by atoms with Gasteiger partial charge in [0, 0.05) is 6.04 Å². The molecule has 1 fully saturated rings. The summed E-state index contributed by atoms with van der Waals surface area (Å²) in [4.78, 5) is -0.550. The van der Waals surface area contributed by atoms with Gasteiger partial charge in [0.05, 0.1) is 11.6 Å². The van der Waals surface area contributed by atoms with Gasteiger partial charge in [-0.2, -0.15) is 0 Å². The Morgan fingerprint density at radius 2 is 2.14 bits per heavy atom. The molecular weight excluding hydrogens is 331 g/mol. The molecule has 1 N–H and O–H groups in total. The van der Waals surface area contributed by atoms with Crippen molar-refractivity contribution in [3.05, 3.63) is 40.7 Å². The molecule has 1 aromatic carbocycles. The molecule has 3 rings (SSSR count). The third-order valence-corrected chi connectivity index (χ3v) is 5.36. The number of sulfonamides is 1. The standard InChI is InChI=1S/C13H14ClFN4O2S/c1-8-17-18-12(19(8)9-5-6-9)7-16-22(20,21)13-10(14)3-2-4-11(13)15/h2-4,9,16H,5-7H2,1H3. The van der Waals surface area contributed by atoms with E-state index in [0.29, 0.717) is 11.9 Å². The number of halogens is 2. The number of aromatic nitrogens is 3. The highest BCUT2D eigenvalue weighted by molar-refractivity contribution is 7.89. The highest BCUT2D eigenvalue weighted by Gasteiger charge is 2.29. The summed E-state index contributed by atoms with van der Waals surface area (Å²) in [5, 5.41) is 7.78. The Morgan fingerprint density at radius 3 is 2.77 bits per heavy atom. The molecule has 1 heterocycles. The number of aryl methyl sites for hydroxylation is 1. The first-order valence-electron chi connectivity index (χ1n) is 6.74. The van der Waals surface area contributed by atoms with Crippen molar-refractivity contribution in [2.24, 2.45) is 0 Å². The van der Waals surface area contributed by atoms with Gasteiger partial charge in [-0.05, 0) is 31.9 Å². The van der Waals surface area contributed by atoms with Gasteiger partial charge in [0.2, 0.25) is 10.0 Å². The Balaban J connectivity index is 1.84. The van der Waals surface area contributed by atoms with E-state index in [1.165, 1.54) is 12.1 Å². The molecule has 6 nitrogen and oxygen atoms in total. The van der Waals surface area contributed by atoms with Crippen molar-refractivity contribution in [2.45, 2.75) is 37.2 Å². The summed E-state index contributed by atoms with van der Waals surface area (Å²) in [6.45, 7) is 1.75. The Labute approximate surface area is 132 Å². The van der Waals surface area contributed by atoms with Crippen LogP contribution in [0.25, 0.3) is 0 Å². The average Bonchev–Trinajstić information content (AvgIpc) is 3.20. The van der Waals surface area contributed by atoms with Crippen LogP contribution in [0.4, 0.5) is 4.39 Å². The van der Waals surface area contributed by atoms with Gasteiger partial charge in [0.25, 0.3) is 0 Å². The molecule has 0 amide bonds. The van der Waals surface area contributed by atoms with Crippen LogP contribution in [-0.2, 0) is 16.6 Å². The Hall–Kier alpha value is -1.51. The first-order valence-corrected chi connectivity index (χ1v) is 8.60. The highest BCUT2D eigenvalue weighted by atomic mass is 35.5. The van der Waals surface area contributed by atoms with E-state index in [9.17, 15) is 12.8 Å². The number of hydrogen-bond donors (Lipinski definition) is 1. The SMILES string of the molecule is Cc1nnc(CNS(=O)(=O)c2c(F)cccc2Cl)n1C1CC1. The largest absolute Gasteiger partial charge is 0.311 e. The van der Waals surface area contributed by atoms with Crippen molar-refractivity contribution in [3.8, 4) is 0 Å². The Bertz CT molecular complexity index is 797. The van der Waals surface area contributed by atoms with Crippen LogP contribution in [0, 0.1) is 12.7 Å². The quantitative estimate of drug-likeness (QED) is 0.902. The summed E-state index contributed by atoms with van der Waals surface area (Å²) >= 11 is 5.80. The molecule has 22 heavy (non-hydrogen) atoms. The van der Waals surface area contributed by atoms with Crippen LogP contribution in [0.15, 0.2) is 23.1 Å². The first-order chi connectivity index (χ1) is 10.4. The number of rotatable bonds is 5. The molecule has 1 aliphatic rings. The van der Waals surface area contributed by atoms with E-state index in [1.54, 1.807) is 0 Å². The molecule has 0 atom stereocenters. The molecule has 0 radical (unpaired) electrons. The summed E-state index contributed by atoms with van der Waals surface area (Å²) in [7, 11) is -4.07. The molecule has 0 saturated heterocycles. The van der Waals surface area contributed by atoms with Crippen LogP contribution in [0.5, 0.6) is 0 Å². The fourth-order valence-electron chi connectivity index (χ4n) is 2.31. The predicted octanol–water partition coefficient (Wildman–Crippen LogP) is 2.19. The predicted molar refractivity (Wildman–Crippen MR) is 78.5 cm³/mol. The van der Waals surface area contributed by atoms with Gasteiger partial charge < -0.3 is 4.57 Å². The van der Waals surface area contributed by atoms with Crippen LogP contribution in [0.1, 0.15) is 30.5 Å². The zero-order valence-corrected chi connectivity index (χ0v) is 13.3. The Kier molecular flexibility index (Phi) is 3.92. The minimum absolute atomic E-state index is 0.0651. The average molecular weight is 345 g/mol. The van der Waals surface area contributed by atoms with Gasteiger partial charge >= 0.3 is 0 Å². The lowest BCUT2D eigenvalue weighted by atomic mass is 10.3. The molecule has 0 unspecified atom stereocenters. The minimum atomic E-state index is -4.07. The van der Waals surface area contributed by atoms with E-state index >= 15 is 0 Å². The number of hydrogen-bond acceptors (Lipinski definition) is 4. The lowest BCUT2D eigenvalue weighted by Gasteiger charge is -2.10. The fraction of sp³-hybridized carbons (Fsp3) is 0.385. The second-order valence-electron chi connectivity index (χ2n) is 5.14. The molecule has 0 aliphatic heterocycles. The van der Waals surface area contributed by atoms with Crippen LogP contribution in [0.3, 0.4) is 0 Å². The number of benzene rings is 1. The van der Waals surface area contributed by atoms with E-state index < -0.39 is 20.7 Å². The summed E-state index contributed by atoms with van der Waals surface area (Å²) in [5.74, 6) is 0.358. The van der Waals surface area contributed by atoms with Crippen LogP contribution < -0.4 is 4.72 Å². The summed E-state index contributed by atoms with van der Waals surface area (Å²) in [5.41, 5.74) is 0. The van der Waals surface area contributed by atoms with E-state index in [1.807, 2.05) is 11.5 Å². The van der Waals surface area contributed by atoms with Crippen molar-refractivity contribution in [1.82, 2.24) is 19.5 Å². The second kappa shape index (κ2) is 5.60. The van der Waals surface area contributed by atoms with Crippen molar-refractivity contribution < 1.29 is 12.8 Å². The summed E-state index contributed by atoms with van der Waals surface area (Å²) < 4.78 is 42.5. The third kappa shape index (κ3) is 2.86. The normalized spacial score (nSPS) is 15.2. The van der Waals surface area contributed by atoms with Gasteiger partial charge in [-0.1, -0.05) is 17.7 Å². The van der Waals surface area contributed by atoms with E-state index in [2.05, 4.69) is 14.9 Å². The van der Waals surface area contributed by atoms with Gasteiger partial charge in [-0.15, -0.1) is 10.2 Å². The molecule has 0 bridgehead atoms. The van der Waals surface area contributed by atoms with Gasteiger partial charge in [0.1, 0.15) is 22.4 Å². The monoisotopic (exact) mass is 344 g/mol. The maximum Gasteiger partial charge on any atom is 0.245 e. The van der Waals surface area contributed by atoms with Gasteiger partial charge in [0.15, 0.2) is 0 Å². The third-order valence-electron chi connectivity index (χ3n) is 3.46. The second-order valence-corrected chi connectivity index (χ2v) is 7.25. The summed E-state index contributed by atoms with van der Waals surface area (Å²) in [6, 6.07) is 4.06. The zero-order chi connectivity index (χ0) is 15.9. The van der Waals surface area contributed by atoms with Crippen LogP contribution in [0.2, 0.25) is 5.02 Å².